The molecule has 0 atom stereocenters. The molecule has 0 saturated carbocycles. The van der Waals surface area contributed by atoms with E-state index in [0.29, 0.717) is 27.3 Å². The van der Waals surface area contributed by atoms with E-state index in [0.717, 1.165) is 22.4 Å². The summed E-state index contributed by atoms with van der Waals surface area (Å²) in [6.45, 7) is 7.81. The van der Waals surface area contributed by atoms with Gasteiger partial charge in [-0.3, -0.25) is 14.5 Å². The second-order valence-corrected chi connectivity index (χ2v) is 8.82. The first-order valence-corrected chi connectivity index (χ1v) is 11.1. The maximum atomic E-state index is 12.5. The fourth-order valence-electron chi connectivity index (χ4n) is 3.11. The molecule has 0 radical (unpaired) electrons. The Morgan fingerprint density at radius 1 is 1.22 bits per heavy atom. The number of rotatable bonds is 8. The molecule has 3 rings (SSSR count). The number of methoxy groups -OCH3 is 1. The number of anilines is 1. The number of benzene rings is 2. The van der Waals surface area contributed by atoms with E-state index in [9.17, 15) is 9.59 Å². The molecule has 1 N–H and O–H groups in total. The highest BCUT2D eigenvalue weighted by Crippen LogP contribution is 2.34. The predicted octanol–water partition coefficient (Wildman–Crippen LogP) is 4.72. The highest BCUT2D eigenvalue weighted by atomic mass is 32.2. The number of hydrogen-bond donors (Lipinski definition) is 1. The van der Waals surface area contributed by atoms with Crippen LogP contribution in [0.15, 0.2) is 54.0 Å². The van der Waals surface area contributed by atoms with Crippen LogP contribution in [0, 0.1) is 13.8 Å². The van der Waals surface area contributed by atoms with Crippen molar-refractivity contribution in [3.8, 4) is 11.5 Å². The largest absolute Gasteiger partial charge is 0.493 e. The van der Waals surface area contributed by atoms with Crippen LogP contribution in [0.4, 0.5) is 5.69 Å². The SMILES string of the molecule is C=CCN1C(=O)/C(=C/c2ccc(OCC(=O)Nc3ccc(C)cc3C)c(OC)c2)SC1=S. The summed E-state index contributed by atoms with van der Waals surface area (Å²) in [6, 6.07) is 11.1. The van der Waals surface area contributed by atoms with Crippen molar-refractivity contribution < 1.29 is 19.1 Å². The Balaban J connectivity index is 1.68. The van der Waals surface area contributed by atoms with Crippen molar-refractivity contribution in [1.29, 1.82) is 0 Å². The van der Waals surface area contributed by atoms with Gasteiger partial charge in [-0.1, -0.05) is 53.8 Å². The van der Waals surface area contributed by atoms with Gasteiger partial charge in [0, 0.05) is 12.2 Å². The standard InChI is InChI=1S/C24H24N2O4S2/c1-5-10-26-23(28)21(32-24(26)31)13-17-7-9-19(20(12-17)29-4)30-14-22(27)25-18-8-6-15(2)11-16(18)3/h5-9,11-13H,1,10,14H2,2-4H3,(H,25,27)/b21-13-. The molecule has 1 aliphatic heterocycles. The van der Waals surface area contributed by atoms with Gasteiger partial charge in [0.1, 0.15) is 4.32 Å². The minimum atomic E-state index is -0.269. The summed E-state index contributed by atoms with van der Waals surface area (Å²) in [5.74, 6) is 0.468. The molecule has 166 valence electrons. The van der Waals surface area contributed by atoms with Gasteiger partial charge in [-0.05, 0) is 49.2 Å². The molecule has 32 heavy (non-hydrogen) atoms. The second kappa shape index (κ2) is 10.5. The normalized spacial score (nSPS) is 14.6. The third-order valence-electron chi connectivity index (χ3n) is 4.69. The first-order valence-electron chi connectivity index (χ1n) is 9.86. The maximum absolute atomic E-state index is 12.5. The van der Waals surface area contributed by atoms with Crippen LogP contribution in [0.2, 0.25) is 0 Å². The van der Waals surface area contributed by atoms with Crippen molar-refractivity contribution in [2.45, 2.75) is 13.8 Å². The van der Waals surface area contributed by atoms with Crippen molar-refractivity contribution in [3.05, 3.63) is 70.6 Å². The summed E-state index contributed by atoms with van der Waals surface area (Å²) in [4.78, 5) is 26.9. The molecule has 1 aliphatic rings. The molecule has 8 heteroatoms. The van der Waals surface area contributed by atoms with Crippen LogP contribution >= 0.6 is 24.0 Å². The number of carbonyl (C=O) groups is 2. The molecule has 1 saturated heterocycles. The lowest BCUT2D eigenvalue weighted by atomic mass is 10.1. The highest BCUT2D eigenvalue weighted by molar-refractivity contribution is 8.26. The van der Waals surface area contributed by atoms with E-state index in [1.54, 1.807) is 30.4 Å². The number of hydrogen-bond acceptors (Lipinski definition) is 6. The van der Waals surface area contributed by atoms with Crippen molar-refractivity contribution in [2.24, 2.45) is 0 Å². The summed E-state index contributed by atoms with van der Waals surface area (Å²) >= 11 is 6.51. The van der Waals surface area contributed by atoms with Gasteiger partial charge in [0.15, 0.2) is 18.1 Å². The summed E-state index contributed by atoms with van der Waals surface area (Å²) < 4.78 is 11.6. The number of ether oxygens (including phenoxy) is 2. The van der Waals surface area contributed by atoms with Crippen molar-refractivity contribution >= 4 is 51.9 Å². The number of nitrogens with zero attached hydrogens (tertiary/aromatic N) is 1. The molecular weight excluding hydrogens is 444 g/mol. The van der Waals surface area contributed by atoms with Gasteiger partial charge in [0.05, 0.1) is 12.0 Å². The van der Waals surface area contributed by atoms with Gasteiger partial charge in [0.2, 0.25) is 0 Å². The minimum absolute atomic E-state index is 0.151. The van der Waals surface area contributed by atoms with Crippen LogP contribution in [0.3, 0.4) is 0 Å². The van der Waals surface area contributed by atoms with E-state index in [4.69, 9.17) is 21.7 Å². The lowest BCUT2D eigenvalue weighted by molar-refractivity contribution is -0.121. The van der Waals surface area contributed by atoms with Crippen molar-refractivity contribution in [2.75, 3.05) is 25.6 Å². The molecule has 1 fully saturated rings. The van der Waals surface area contributed by atoms with Gasteiger partial charge >= 0.3 is 0 Å². The van der Waals surface area contributed by atoms with Crippen LogP contribution in [0.1, 0.15) is 16.7 Å². The zero-order valence-electron chi connectivity index (χ0n) is 18.1. The molecule has 6 nitrogen and oxygen atoms in total. The number of nitrogens with one attached hydrogen (secondary N) is 1. The number of thiocarbonyl (C=S) groups is 1. The zero-order valence-corrected chi connectivity index (χ0v) is 19.8. The first-order chi connectivity index (χ1) is 15.3. The van der Waals surface area contributed by atoms with Gasteiger partial charge in [-0.15, -0.1) is 6.58 Å². The Morgan fingerprint density at radius 3 is 2.69 bits per heavy atom. The molecular formula is C24H24N2O4S2. The third kappa shape index (κ3) is 5.57. The summed E-state index contributed by atoms with van der Waals surface area (Å²) in [5, 5.41) is 2.85. The number of aryl methyl sites for hydroxylation is 2. The summed E-state index contributed by atoms with van der Waals surface area (Å²) in [5.41, 5.74) is 3.62. The predicted molar refractivity (Wildman–Crippen MR) is 133 cm³/mol. The average molecular weight is 469 g/mol. The maximum Gasteiger partial charge on any atom is 0.266 e. The number of thioether (sulfide) groups is 1. The Kier molecular flexibility index (Phi) is 7.71. The molecule has 1 heterocycles. The Bertz CT molecular complexity index is 1110. The Hall–Kier alpha value is -3.10. The van der Waals surface area contributed by atoms with Crippen molar-refractivity contribution in [1.82, 2.24) is 4.90 Å². The molecule has 0 spiro atoms. The molecule has 0 unspecified atom stereocenters. The third-order valence-corrected chi connectivity index (χ3v) is 6.06. The highest BCUT2D eigenvalue weighted by Gasteiger charge is 2.31. The molecule has 0 aromatic heterocycles. The topological polar surface area (TPSA) is 67.9 Å². The van der Waals surface area contributed by atoms with E-state index >= 15 is 0 Å². The van der Waals surface area contributed by atoms with E-state index in [-0.39, 0.29) is 18.4 Å². The molecule has 2 aromatic rings. The summed E-state index contributed by atoms with van der Waals surface area (Å²) in [6.07, 6.45) is 3.39. The second-order valence-electron chi connectivity index (χ2n) is 7.15. The molecule has 2 aromatic carbocycles. The van der Waals surface area contributed by atoms with E-state index in [2.05, 4.69) is 11.9 Å². The number of carbonyl (C=O) groups excluding carboxylic acids is 2. The molecule has 0 bridgehead atoms. The fourth-order valence-corrected chi connectivity index (χ4v) is 4.39. The smallest absolute Gasteiger partial charge is 0.266 e. The van der Waals surface area contributed by atoms with Gasteiger partial charge in [-0.2, -0.15) is 0 Å². The van der Waals surface area contributed by atoms with Gasteiger partial charge in [0.25, 0.3) is 11.8 Å². The Labute approximate surface area is 197 Å². The zero-order chi connectivity index (χ0) is 23.3. The van der Waals surface area contributed by atoms with Crippen LogP contribution < -0.4 is 14.8 Å². The van der Waals surface area contributed by atoms with Crippen LogP contribution in [-0.2, 0) is 9.59 Å². The molecule has 0 aliphatic carbocycles. The van der Waals surface area contributed by atoms with Crippen molar-refractivity contribution in [3.63, 3.8) is 0 Å². The lowest BCUT2D eigenvalue weighted by Crippen LogP contribution is -2.27. The van der Waals surface area contributed by atoms with Crippen LogP contribution in [-0.4, -0.2) is 41.3 Å². The van der Waals surface area contributed by atoms with E-state index in [1.165, 1.54) is 23.8 Å². The van der Waals surface area contributed by atoms with Gasteiger partial charge in [-0.25, -0.2) is 0 Å². The average Bonchev–Trinajstić information content (AvgIpc) is 3.02. The Morgan fingerprint density at radius 2 is 2.00 bits per heavy atom. The van der Waals surface area contributed by atoms with Crippen LogP contribution in [0.25, 0.3) is 6.08 Å². The summed E-state index contributed by atoms with van der Waals surface area (Å²) in [7, 11) is 1.52. The van der Waals surface area contributed by atoms with E-state index in [1.807, 2.05) is 32.0 Å². The monoisotopic (exact) mass is 468 g/mol. The number of amides is 2. The minimum Gasteiger partial charge on any atom is -0.493 e. The van der Waals surface area contributed by atoms with Crippen LogP contribution in [0.5, 0.6) is 11.5 Å². The lowest BCUT2D eigenvalue weighted by Gasteiger charge is -2.13. The van der Waals surface area contributed by atoms with Gasteiger partial charge < -0.3 is 14.8 Å². The molecule has 2 amide bonds. The van der Waals surface area contributed by atoms with E-state index < -0.39 is 0 Å². The fraction of sp³-hybridized carbons (Fsp3) is 0.208. The quantitative estimate of drug-likeness (QED) is 0.344. The first kappa shape index (κ1) is 23.6.